The Morgan fingerprint density at radius 1 is 0.870 bits per heavy atom. The molecule has 2 N–H and O–H groups in total. The molecule has 3 aromatic rings. The van der Waals surface area contributed by atoms with Gasteiger partial charge in [-0.15, -0.1) is 0 Å². The average Bonchev–Trinajstić information content (AvgIpc) is 3.05. The number of nitrogens with one attached hydrogen (secondary N) is 2. The first-order valence-electron chi connectivity index (χ1n) is 16.1. The lowest BCUT2D eigenvalue weighted by molar-refractivity contribution is 0.0951. The third kappa shape index (κ3) is 10.4. The Kier molecular flexibility index (Phi) is 13.7. The van der Waals surface area contributed by atoms with E-state index in [1.165, 1.54) is 0 Å². The van der Waals surface area contributed by atoms with Crippen molar-refractivity contribution in [2.45, 2.75) is 58.8 Å². The normalized spacial score (nSPS) is 14.2. The van der Waals surface area contributed by atoms with E-state index in [0.717, 1.165) is 62.9 Å². The van der Waals surface area contributed by atoms with Gasteiger partial charge in [-0.25, -0.2) is 4.57 Å². The number of phosphoric acid groups is 1. The summed E-state index contributed by atoms with van der Waals surface area (Å²) in [7, 11) is -3.69. The third-order valence-corrected chi connectivity index (χ3v) is 9.82. The van der Waals surface area contributed by atoms with Crippen molar-refractivity contribution in [2.24, 2.45) is 0 Å². The Morgan fingerprint density at radius 2 is 1.50 bits per heavy atom. The Bertz CT molecular complexity index is 1470. The van der Waals surface area contributed by atoms with Gasteiger partial charge in [0.25, 0.3) is 11.8 Å². The second kappa shape index (κ2) is 17.6. The lowest BCUT2D eigenvalue weighted by Gasteiger charge is -2.33. The number of benzene rings is 3. The van der Waals surface area contributed by atoms with E-state index < -0.39 is 7.82 Å². The van der Waals surface area contributed by atoms with Gasteiger partial charge in [0.2, 0.25) is 0 Å². The van der Waals surface area contributed by atoms with Crippen molar-refractivity contribution in [1.29, 1.82) is 0 Å². The number of amides is 2. The number of halogens is 1. The Balaban J connectivity index is 1.18. The zero-order valence-corrected chi connectivity index (χ0v) is 28.6. The molecule has 1 fully saturated rings. The molecule has 0 atom stereocenters. The van der Waals surface area contributed by atoms with Gasteiger partial charge in [-0.3, -0.25) is 18.6 Å². The van der Waals surface area contributed by atoms with Gasteiger partial charge in [0.15, 0.2) is 0 Å². The van der Waals surface area contributed by atoms with Crippen LogP contribution in [0.15, 0.2) is 66.7 Å². The summed E-state index contributed by atoms with van der Waals surface area (Å²) < 4.78 is 29.9. The van der Waals surface area contributed by atoms with E-state index in [9.17, 15) is 14.2 Å². The molecular weight excluding hydrogens is 625 g/mol. The Labute approximate surface area is 277 Å². The summed E-state index contributed by atoms with van der Waals surface area (Å²) in [6.45, 7) is 9.58. The number of hydrogen-bond donors (Lipinski definition) is 2. The first kappa shape index (κ1) is 35.7. The summed E-state index contributed by atoms with van der Waals surface area (Å²) in [6.07, 6.45) is 4.65. The molecule has 9 nitrogen and oxygen atoms in total. The summed E-state index contributed by atoms with van der Waals surface area (Å²) >= 11 is 5.89. The van der Waals surface area contributed by atoms with Crippen molar-refractivity contribution in [3.05, 3.63) is 94.0 Å². The number of hydrogen-bond acceptors (Lipinski definition) is 7. The largest absolute Gasteiger partial charge is 0.530 e. The van der Waals surface area contributed by atoms with E-state index >= 15 is 0 Å². The number of rotatable bonds is 16. The molecular formula is C35H45ClN3O6P. The number of likely N-dealkylation sites (tertiary alicyclic amines) is 1. The van der Waals surface area contributed by atoms with Crippen LogP contribution in [-0.2, 0) is 20.0 Å². The predicted molar refractivity (Wildman–Crippen MR) is 183 cm³/mol. The van der Waals surface area contributed by atoms with Crippen LogP contribution in [0.5, 0.6) is 5.75 Å². The van der Waals surface area contributed by atoms with Gasteiger partial charge >= 0.3 is 7.82 Å². The molecule has 0 spiro atoms. The van der Waals surface area contributed by atoms with Crippen molar-refractivity contribution in [3.63, 3.8) is 0 Å². The van der Waals surface area contributed by atoms with Crippen LogP contribution in [0.1, 0.15) is 84.2 Å². The molecule has 46 heavy (non-hydrogen) atoms. The van der Waals surface area contributed by atoms with Gasteiger partial charge in [-0.2, -0.15) is 0 Å². The molecule has 0 aromatic heterocycles. The maximum Gasteiger partial charge on any atom is 0.530 e. The minimum Gasteiger partial charge on any atom is -0.404 e. The summed E-state index contributed by atoms with van der Waals surface area (Å²) in [4.78, 5) is 27.5. The smallest absolute Gasteiger partial charge is 0.404 e. The summed E-state index contributed by atoms with van der Waals surface area (Å²) in [5, 5.41) is 6.39. The molecule has 2 amide bonds. The number of carbonyl (C=O) groups is 2. The van der Waals surface area contributed by atoms with Crippen LogP contribution in [0.25, 0.3) is 0 Å². The van der Waals surface area contributed by atoms with E-state index in [-0.39, 0.29) is 25.0 Å². The van der Waals surface area contributed by atoms with Crippen molar-refractivity contribution in [2.75, 3.05) is 44.7 Å². The van der Waals surface area contributed by atoms with Crippen LogP contribution in [-0.4, -0.2) is 56.1 Å². The molecule has 1 aliphatic rings. The molecule has 0 unspecified atom stereocenters. The first-order valence-corrected chi connectivity index (χ1v) is 18.0. The van der Waals surface area contributed by atoms with Gasteiger partial charge in [-0.05, 0) is 137 Å². The lowest BCUT2D eigenvalue weighted by atomic mass is 9.88. The van der Waals surface area contributed by atoms with Crippen LogP contribution in [0.4, 0.5) is 5.69 Å². The predicted octanol–water partition coefficient (Wildman–Crippen LogP) is 8.10. The lowest BCUT2D eigenvalue weighted by Crippen LogP contribution is -2.34. The van der Waals surface area contributed by atoms with Crippen molar-refractivity contribution in [1.82, 2.24) is 10.2 Å². The highest BCUT2D eigenvalue weighted by molar-refractivity contribution is 7.48. The second-order valence-electron chi connectivity index (χ2n) is 11.2. The molecule has 0 bridgehead atoms. The number of aryl methyl sites for hydroxylation is 1. The fraction of sp³-hybridized carbons (Fsp3) is 0.429. The highest BCUT2D eigenvalue weighted by Gasteiger charge is 2.31. The van der Waals surface area contributed by atoms with Gasteiger partial charge in [-0.1, -0.05) is 30.7 Å². The number of phosphoric ester groups is 1. The summed E-state index contributed by atoms with van der Waals surface area (Å²) in [5.74, 6) is 0.511. The molecule has 0 radical (unpaired) electrons. The number of carbonyl (C=O) groups excluding carboxylic acids is 2. The SMILES string of the molecule is CCOP(=O)(OCC)Oc1cc(CC)ccc1C1CCN(CCCCNC(=O)c2ccc(NC(=O)c3ccc(Cl)cc3)cc2)CC1. The maximum absolute atomic E-state index is 13.1. The fourth-order valence-electron chi connectivity index (χ4n) is 5.48. The molecule has 1 aliphatic heterocycles. The zero-order valence-electron chi connectivity index (χ0n) is 26.9. The Hall–Kier alpha value is -3.20. The topological polar surface area (TPSA) is 106 Å². The van der Waals surface area contributed by atoms with Gasteiger partial charge in [0, 0.05) is 28.4 Å². The summed E-state index contributed by atoms with van der Waals surface area (Å²) in [5.41, 5.74) is 3.82. The zero-order chi connectivity index (χ0) is 32.9. The van der Waals surface area contributed by atoms with Crippen LogP contribution < -0.4 is 15.2 Å². The number of unbranched alkanes of at least 4 members (excludes halogenated alkanes) is 1. The van der Waals surface area contributed by atoms with Gasteiger partial charge in [0.05, 0.1) is 13.2 Å². The molecule has 0 saturated carbocycles. The highest BCUT2D eigenvalue weighted by atomic mass is 35.5. The molecule has 1 heterocycles. The number of piperidine rings is 1. The molecule has 0 aliphatic carbocycles. The van der Waals surface area contributed by atoms with E-state index in [1.807, 2.05) is 6.07 Å². The quantitative estimate of drug-likeness (QED) is 0.117. The molecule has 248 valence electrons. The second-order valence-corrected chi connectivity index (χ2v) is 13.2. The minimum absolute atomic E-state index is 0.137. The van der Waals surface area contributed by atoms with E-state index in [2.05, 4.69) is 34.6 Å². The maximum atomic E-state index is 13.1. The molecule has 11 heteroatoms. The first-order chi connectivity index (χ1) is 22.2. The van der Waals surface area contributed by atoms with Crippen LogP contribution in [0.2, 0.25) is 5.02 Å². The van der Waals surface area contributed by atoms with Crippen molar-refractivity contribution < 1.29 is 27.7 Å². The highest BCUT2D eigenvalue weighted by Crippen LogP contribution is 2.51. The number of nitrogens with zero attached hydrogens (tertiary/aromatic N) is 1. The van der Waals surface area contributed by atoms with Gasteiger partial charge in [0.1, 0.15) is 5.75 Å². The fourth-order valence-corrected chi connectivity index (χ4v) is 6.82. The summed E-state index contributed by atoms with van der Waals surface area (Å²) in [6, 6.07) is 19.7. The van der Waals surface area contributed by atoms with Gasteiger partial charge < -0.3 is 20.1 Å². The molecule has 3 aromatic carbocycles. The average molecular weight is 670 g/mol. The number of anilines is 1. The van der Waals surface area contributed by atoms with Crippen LogP contribution in [0, 0.1) is 0 Å². The van der Waals surface area contributed by atoms with Crippen molar-refractivity contribution in [3.8, 4) is 5.75 Å². The monoisotopic (exact) mass is 669 g/mol. The van der Waals surface area contributed by atoms with Crippen LogP contribution >= 0.6 is 19.4 Å². The third-order valence-electron chi connectivity index (χ3n) is 8.00. The standard InChI is InChI=1S/C35H45ClN3O6P/c1-4-26-9-18-32(33(25-26)45-46(42,43-5-2)44-6-3)27-19-23-39(24-20-27)22-8-7-21-37-34(40)28-12-16-31(17-13-28)38-35(41)29-10-14-30(36)15-11-29/h9-18,25,27H,4-8,19-24H2,1-3H3,(H,37,40)(H,38,41). The van der Waals surface area contributed by atoms with Crippen molar-refractivity contribution >= 4 is 36.9 Å². The Morgan fingerprint density at radius 3 is 2.13 bits per heavy atom. The van der Waals surface area contributed by atoms with E-state index in [1.54, 1.807) is 62.4 Å². The van der Waals surface area contributed by atoms with E-state index in [4.69, 9.17) is 25.2 Å². The molecule has 4 rings (SSSR count). The van der Waals surface area contributed by atoms with E-state index in [0.29, 0.717) is 40.0 Å². The molecule has 1 saturated heterocycles. The minimum atomic E-state index is -3.69. The van der Waals surface area contributed by atoms with Crippen LogP contribution in [0.3, 0.4) is 0 Å².